The number of amides is 1. The monoisotopic (exact) mass is 333 g/mol. The maximum atomic E-state index is 12.2. The molecule has 2 aromatic carbocycles. The number of ether oxygens (including phenoxy) is 1. The van der Waals surface area contributed by atoms with E-state index in [1.54, 1.807) is 31.4 Å². The van der Waals surface area contributed by atoms with Crippen LogP contribution in [0.5, 0.6) is 5.75 Å². The summed E-state index contributed by atoms with van der Waals surface area (Å²) in [6.07, 6.45) is 1.17. The van der Waals surface area contributed by atoms with Crippen molar-refractivity contribution in [3.8, 4) is 5.75 Å². The van der Waals surface area contributed by atoms with Crippen molar-refractivity contribution in [2.45, 2.75) is 12.3 Å². The molecule has 2 rings (SSSR count). The molecule has 0 unspecified atom stereocenters. The van der Waals surface area contributed by atoms with Crippen molar-refractivity contribution < 1.29 is 17.9 Å². The quantitative estimate of drug-likeness (QED) is 0.879. The third kappa shape index (κ3) is 5.10. The molecule has 23 heavy (non-hydrogen) atoms. The van der Waals surface area contributed by atoms with Crippen LogP contribution in [0.3, 0.4) is 0 Å². The van der Waals surface area contributed by atoms with E-state index < -0.39 is 9.84 Å². The van der Waals surface area contributed by atoms with E-state index in [2.05, 4.69) is 5.32 Å². The SMILES string of the molecule is COc1ccccc1CNC(=O)c1cccc(CS(C)(=O)=O)c1. The molecular weight excluding hydrogens is 314 g/mol. The second-order valence-electron chi connectivity index (χ2n) is 5.26. The van der Waals surface area contributed by atoms with Crippen LogP contribution in [-0.4, -0.2) is 27.7 Å². The van der Waals surface area contributed by atoms with Gasteiger partial charge in [0.05, 0.1) is 12.9 Å². The number of carbonyl (C=O) groups is 1. The van der Waals surface area contributed by atoms with E-state index in [0.29, 0.717) is 23.4 Å². The van der Waals surface area contributed by atoms with Gasteiger partial charge in [0.15, 0.2) is 9.84 Å². The maximum absolute atomic E-state index is 12.2. The number of sulfone groups is 1. The minimum absolute atomic E-state index is 0.0827. The van der Waals surface area contributed by atoms with Crippen LogP contribution in [0.1, 0.15) is 21.5 Å². The first-order valence-electron chi connectivity index (χ1n) is 7.06. The molecule has 0 aliphatic rings. The molecule has 5 nitrogen and oxygen atoms in total. The van der Waals surface area contributed by atoms with Crippen molar-refractivity contribution in [3.05, 3.63) is 65.2 Å². The first-order chi connectivity index (χ1) is 10.9. The van der Waals surface area contributed by atoms with Crippen LogP contribution in [0.2, 0.25) is 0 Å². The zero-order valence-corrected chi connectivity index (χ0v) is 13.9. The summed E-state index contributed by atoms with van der Waals surface area (Å²) >= 11 is 0. The van der Waals surface area contributed by atoms with Gasteiger partial charge in [-0.3, -0.25) is 4.79 Å². The third-order valence-electron chi connectivity index (χ3n) is 3.25. The Balaban J connectivity index is 2.08. The Hall–Kier alpha value is -2.34. The van der Waals surface area contributed by atoms with Crippen molar-refractivity contribution in [3.63, 3.8) is 0 Å². The van der Waals surface area contributed by atoms with E-state index in [1.165, 1.54) is 6.26 Å². The van der Waals surface area contributed by atoms with Crippen molar-refractivity contribution >= 4 is 15.7 Å². The lowest BCUT2D eigenvalue weighted by molar-refractivity contribution is 0.0950. The molecule has 0 spiro atoms. The minimum atomic E-state index is -3.13. The van der Waals surface area contributed by atoms with Crippen LogP contribution in [0.25, 0.3) is 0 Å². The van der Waals surface area contributed by atoms with Crippen LogP contribution in [0.4, 0.5) is 0 Å². The summed E-state index contributed by atoms with van der Waals surface area (Å²) in [4.78, 5) is 12.2. The standard InChI is InChI=1S/C17H19NO4S/c1-22-16-9-4-3-7-15(16)11-18-17(19)14-8-5-6-13(10-14)12-23(2,20)21/h3-10H,11-12H2,1-2H3,(H,18,19). The molecule has 0 radical (unpaired) electrons. The second-order valence-corrected chi connectivity index (χ2v) is 7.41. The molecule has 0 fully saturated rings. The highest BCUT2D eigenvalue weighted by Gasteiger charge is 2.10. The van der Waals surface area contributed by atoms with Crippen molar-refractivity contribution in [1.29, 1.82) is 0 Å². The van der Waals surface area contributed by atoms with Crippen LogP contribution < -0.4 is 10.1 Å². The average molecular weight is 333 g/mol. The molecule has 0 atom stereocenters. The molecule has 0 saturated heterocycles. The van der Waals surface area contributed by atoms with Gasteiger partial charge in [-0.05, 0) is 23.8 Å². The van der Waals surface area contributed by atoms with Crippen LogP contribution in [0.15, 0.2) is 48.5 Å². The Bertz CT molecular complexity index is 800. The summed E-state index contributed by atoms with van der Waals surface area (Å²) in [7, 11) is -1.55. The normalized spacial score (nSPS) is 11.0. The van der Waals surface area contributed by atoms with Crippen LogP contribution >= 0.6 is 0 Å². The number of nitrogens with one attached hydrogen (secondary N) is 1. The summed E-state index contributed by atoms with van der Waals surface area (Å²) in [5.74, 6) is 0.366. The lowest BCUT2D eigenvalue weighted by Gasteiger charge is -2.10. The smallest absolute Gasteiger partial charge is 0.251 e. The number of rotatable bonds is 6. The number of hydrogen-bond donors (Lipinski definition) is 1. The average Bonchev–Trinajstić information content (AvgIpc) is 2.51. The summed E-state index contributed by atoms with van der Waals surface area (Å²) in [5, 5.41) is 2.81. The van der Waals surface area contributed by atoms with E-state index in [4.69, 9.17) is 4.74 Å². The fraction of sp³-hybridized carbons (Fsp3) is 0.235. The zero-order chi connectivity index (χ0) is 16.9. The van der Waals surface area contributed by atoms with E-state index >= 15 is 0 Å². The van der Waals surface area contributed by atoms with Gasteiger partial charge >= 0.3 is 0 Å². The van der Waals surface area contributed by atoms with Gasteiger partial charge in [0.2, 0.25) is 0 Å². The molecular formula is C17H19NO4S. The topological polar surface area (TPSA) is 72.5 Å². The van der Waals surface area contributed by atoms with Gasteiger partial charge in [0, 0.05) is 23.9 Å². The van der Waals surface area contributed by atoms with E-state index in [9.17, 15) is 13.2 Å². The predicted molar refractivity (Wildman–Crippen MR) is 89.2 cm³/mol. The van der Waals surface area contributed by atoms with Crippen LogP contribution in [-0.2, 0) is 22.1 Å². The summed E-state index contributed by atoms with van der Waals surface area (Å²) in [6, 6.07) is 14.1. The lowest BCUT2D eigenvalue weighted by Crippen LogP contribution is -2.23. The second kappa shape index (κ2) is 7.28. The van der Waals surface area contributed by atoms with Gasteiger partial charge < -0.3 is 10.1 Å². The minimum Gasteiger partial charge on any atom is -0.496 e. The number of para-hydroxylation sites is 1. The van der Waals surface area contributed by atoms with Crippen molar-refractivity contribution in [1.82, 2.24) is 5.32 Å². The first-order valence-corrected chi connectivity index (χ1v) is 9.12. The fourth-order valence-corrected chi connectivity index (χ4v) is 3.02. The summed E-state index contributed by atoms with van der Waals surface area (Å²) < 4.78 is 27.9. The first kappa shape index (κ1) is 17.0. The molecule has 1 N–H and O–H groups in total. The molecule has 0 aromatic heterocycles. The molecule has 2 aromatic rings. The highest BCUT2D eigenvalue weighted by atomic mass is 32.2. The molecule has 6 heteroatoms. The molecule has 0 saturated carbocycles. The number of benzene rings is 2. The van der Waals surface area contributed by atoms with Crippen molar-refractivity contribution in [2.24, 2.45) is 0 Å². The Morgan fingerprint density at radius 2 is 1.87 bits per heavy atom. The lowest BCUT2D eigenvalue weighted by atomic mass is 10.1. The molecule has 0 aliphatic carbocycles. The molecule has 0 bridgehead atoms. The van der Waals surface area contributed by atoms with Crippen molar-refractivity contribution in [2.75, 3.05) is 13.4 Å². The maximum Gasteiger partial charge on any atom is 0.251 e. The zero-order valence-electron chi connectivity index (χ0n) is 13.1. The third-order valence-corrected chi connectivity index (χ3v) is 4.11. The Labute approximate surface area is 136 Å². The molecule has 0 heterocycles. The predicted octanol–water partition coefficient (Wildman–Crippen LogP) is 2.17. The summed E-state index contributed by atoms with van der Waals surface area (Å²) in [6.45, 7) is 0.332. The Kier molecular flexibility index (Phi) is 5.39. The largest absolute Gasteiger partial charge is 0.496 e. The van der Waals surface area contributed by atoms with Gasteiger partial charge in [-0.25, -0.2) is 8.42 Å². The Morgan fingerprint density at radius 3 is 2.57 bits per heavy atom. The van der Waals surface area contributed by atoms with E-state index in [-0.39, 0.29) is 11.7 Å². The molecule has 122 valence electrons. The van der Waals surface area contributed by atoms with Gasteiger partial charge in [-0.1, -0.05) is 30.3 Å². The molecule has 1 amide bonds. The molecule has 0 aliphatic heterocycles. The highest BCUT2D eigenvalue weighted by Crippen LogP contribution is 2.17. The Morgan fingerprint density at radius 1 is 1.13 bits per heavy atom. The highest BCUT2D eigenvalue weighted by molar-refractivity contribution is 7.89. The number of methoxy groups -OCH3 is 1. The van der Waals surface area contributed by atoms with Gasteiger partial charge in [0.1, 0.15) is 5.75 Å². The van der Waals surface area contributed by atoms with E-state index in [1.807, 2.05) is 24.3 Å². The van der Waals surface area contributed by atoms with Crippen LogP contribution in [0, 0.1) is 0 Å². The van der Waals surface area contributed by atoms with Gasteiger partial charge in [-0.15, -0.1) is 0 Å². The van der Waals surface area contributed by atoms with Gasteiger partial charge in [-0.2, -0.15) is 0 Å². The fourth-order valence-electron chi connectivity index (χ4n) is 2.23. The number of hydrogen-bond acceptors (Lipinski definition) is 4. The number of carbonyl (C=O) groups excluding carboxylic acids is 1. The summed E-state index contributed by atoms with van der Waals surface area (Å²) in [5.41, 5.74) is 1.90. The van der Waals surface area contributed by atoms with Gasteiger partial charge in [0.25, 0.3) is 5.91 Å². The van der Waals surface area contributed by atoms with E-state index in [0.717, 1.165) is 5.56 Å².